The maximum Gasteiger partial charge on any atom is 0.274 e. The van der Waals surface area contributed by atoms with Crippen molar-refractivity contribution in [3.63, 3.8) is 0 Å². The molecule has 0 spiro atoms. The van der Waals surface area contributed by atoms with Crippen molar-refractivity contribution in [1.82, 2.24) is 14.9 Å². The molecule has 0 N–H and O–H groups in total. The molecule has 2 saturated heterocycles. The second-order valence-electron chi connectivity index (χ2n) is 6.01. The van der Waals surface area contributed by atoms with Crippen molar-refractivity contribution in [2.75, 3.05) is 24.5 Å². The molecule has 2 fully saturated rings. The van der Waals surface area contributed by atoms with Crippen molar-refractivity contribution in [2.24, 2.45) is 0 Å². The summed E-state index contributed by atoms with van der Waals surface area (Å²) in [7, 11) is 0. The molecule has 5 nitrogen and oxygen atoms in total. The van der Waals surface area contributed by atoms with Gasteiger partial charge in [0.15, 0.2) is 0 Å². The molecule has 1 amide bonds. The van der Waals surface area contributed by atoms with Gasteiger partial charge in [0.05, 0.1) is 12.4 Å². The van der Waals surface area contributed by atoms with Crippen LogP contribution in [0.25, 0.3) is 0 Å². The predicted molar refractivity (Wildman–Crippen MR) is 82.4 cm³/mol. The third-order valence-corrected chi connectivity index (χ3v) is 4.64. The molecule has 2 aliphatic heterocycles. The number of rotatable bonds is 3. The van der Waals surface area contributed by atoms with Crippen LogP contribution in [0.4, 0.5) is 5.82 Å². The predicted octanol–water partition coefficient (Wildman–Crippen LogP) is 2.48. The van der Waals surface area contributed by atoms with Crippen LogP contribution >= 0.6 is 0 Å². The van der Waals surface area contributed by atoms with Gasteiger partial charge in [0.25, 0.3) is 5.91 Å². The van der Waals surface area contributed by atoms with E-state index in [2.05, 4.69) is 21.8 Å². The van der Waals surface area contributed by atoms with Crippen molar-refractivity contribution >= 4 is 11.7 Å². The Morgan fingerprint density at radius 1 is 1.14 bits per heavy atom. The lowest BCUT2D eigenvalue weighted by molar-refractivity contribution is 0.0786. The van der Waals surface area contributed by atoms with Crippen LogP contribution in [0.3, 0.4) is 0 Å². The Morgan fingerprint density at radius 3 is 2.57 bits per heavy atom. The number of nitrogens with zero attached hydrogens (tertiary/aromatic N) is 4. The van der Waals surface area contributed by atoms with Crippen LogP contribution in [0.5, 0.6) is 0 Å². The van der Waals surface area contributed by atoms with E-state index in [9.17, 15) is 4.79 Å². The van der Waals surface area contributed by atoms with E-state index in [1.807, 2.05) is 4.90 Å². The minimum absolute atomic E-state index is 0.0252. The summed E-state index contributed by atoms with van der Waals surface area (Å²) in [6.07, 6.45) is 10.5. The van der Waals surface area contributed by atoms with E-state index < -0.39 is 0 Å². The van der Waals surface area contributed by atoms with Gasteiger partial charge in [-0.05, 0) is 38.5 Å². The zero-order chi connectivity index (χ0) is 14.7. The quantitative estimate of drug-likeness (QED) is 0.857. The molecule has 3 rings (SSSR count). The number of aromatic nitrogens is 2. The summed E-state index contributed by atoms with van der Waals surface area (Å²) in [4.78, 5) is 25.4. The molecule has 1 unspecified atom stereocenters. The molecule has 114 valence electrons. The van der Waals surface area contributed by atoms with E-state index >= 15 is 0 Å². The molecule has 0 saturated carbocycles. The summed E-state index contributed by atoms with van der Waals surface area (Å²) in [6, 6.07) is 0.563. The second-order valence-corrected chi connectivity index (χ2v) is 6.01. The zero-order valence-electron chi connectivity index (χ0n) is 12.8. The summed E-state index contributed by atoms with van der Waals surface area (Å²) in [5, 5.41) is 0. The van der Waals surface area contributed by atoms with E-state index in [0.717, 1.165) is 44.7 Å². The molecule has 1 aromatic heterocycles. The van der Waals surface area contributed by atoms with E-state index in [-0.39, 0.29) is 5.91 Å². The third-order valence-electron chi connectivity index (χ3n) is 4.64. The molecule has 1 atom stereocenters. The van der Waals surface area contributed by atoms with Crippen LogP contribution < -0.4 is 4.90 Å². The number of amides is 1. The monoisotopic (exact) mass is 288 g/mol. The summed E-state index contributed by atoms with van der Waals surface area (Å²) >= 11 is 0. The Kier molecular flexibility index (Phi) is 4.36. The van der Waals surface area contributed by atoms with Crippen LogP contribution in [0.2, 0.25) is 0 Å². The lowest BCUT2D eigenvalue weighted by Gasteiger charge is -2.36. The maximum atomic E-state index is 12.3. The van der Waals surface area contributed by atoms with Crippen molar-refractivity contribution in [3.8, 4) is 0 Å². The van der Waals surface area contributed by atoms with Gasteiger partial charge in [-0.25, -0.2) is 9.97 Å². The first-order valence-electron chi connectivity index (χ1n) is 8.17. The molecule has 0 aliphatic carbocycles. The number of anilines is 1. The van der Waals surface area contributed by atoms with Gasteiger partial charge < -0.3 is 9.80 Å². The van der Waals surface area contributed by atoms with Crippen molar-refractivity contribution in [3.05, 3.63) is 18.1 Å². The number of carbonyl (C=O) groups is 1. The lowest BCUT2D eigenvalue weighted by atomic mass is 10.0. The smallest absolute Gasteiger partial charge is 0.274 e. The first-order valence-corrected chi connectivity index (χ1v) is 8.17. The largest absolute Gasteiger partial charge is 0.352 e. The van der Waals surface area contributed by atoms with Crippen molar-refractivity contribution < 1.29 is 4.79 Å². The molecule has 0 aromatic carbocycles. The molecule has 1 aromatic rings. The molecule has 0 radical (unpaired) electrons. The molecule has 0 bridgehead atoms. The Bertz CT molecular complexity index is 482. The summed E-state index contributed by atoms with van der Waals surface area (Å²) in [5.41, 5.74) is 0.478. The maximum absolute atomic E-state index is 12.3. The number of hydrogen-bond donors (Lipinski definition) is 0. The molecule has 3 heterocycles. The van der Waals surface area contributed by atoms with Crippen molar-refractivity contribution in [1.29, 1.82) is 0 Å². The molecule has 5 heteroatoms. The highest BCUT2D eigenvalue weighted by atomic mass is 16.2. The van der Waals surface area contributed by atoms with E-state index in [0.29, 0.717) is 11.7 Å². The van der Waals surface area contributed by atoms with Gasteiger partial charge in [-0.2, -0.15) is 0 Å². The third kappa shape index (κ3) is 3.01. The highest BCUT2D eigenvalue weighted by Gasteiger charge is 2.24. The van der Waals surface area contributed by atoms with Gasteiger partial charge in [0.1, 0.15) is 11.5 Å². The SMILES string of the molecule is CCC1CCCCN1c1cnc(C(=O)N2CCCC2)cn1. The highest BCUT2D eigenvalue weighted by Crippen LogP contribution is 2.24. The summed E-state index contributed by atoms with van der Waals surface area (Å²) < 4.78 is 0. The van der Waals surface area contributed by atoms with Gasteiger partial charge in [-0.1, -0.05) is 6.92 Å². The normalized spacial score (nSPS) is 22.6. The zero-order valence-corrected chi connectivity index (χ0v) is 12.8. The van der Waals surface area contributed by atoms with Gasteiger partial charge in [-0.3, -0.25) is 4.79 Å². The highest BCUT2D eigenvalue weighted by molar-refractivity contribution is 5.92. The Labute approximate surface area is 126 Å². The Morgan fingerprint density at radius 2 is 1.90 bits per heavy atom. The second kappa shape index (κ2) is 6.41. The Balaban J connectivity index is 1.72. The van der Waals surface area contributed by atoms with Gasteiger partial charge in [0.2, 0.25) is 0 Å². The molecule has 2 aliphatic rings. The standard InChI is InChI=1S/C16H24N4O/c1-2-13-7-3-4-10-20(13)15-12-17-14(11-18-15)16(21)19-8-5-6-9-19/h11-13H,2-10H2,1H3. The minimum Gasteiger partial charge on any atom is -0.352 e. The van der Waals surface area contributed by atoms with Crippen LogP contribution in [-0.2, 0) is 0 Å². The van der Waals surface area contributed by atoms with E-state index in [4.69, 9.17) is 0 Å². The number of hydrogen-bond acceptors (Lipinski definition) is 4. The molecular weight excluding hydrogens is 264 g/mol. The number of likely N-dealkylation sites (tertiary alicyclic amines) is 1. The fraction of sp³-hybridized carbons (Fsp3) is 0.688. The lowest BCUT2D eigenvalue weighted by Crippen LogP contribution is -2.39. The van der Waals surface area contributed by atoms with Crippen molar-refractivity contribution in [2.45, 2.75) is 51.5 Å². The van der Waals surface area contributed by atoms with Crippen LogP contribution in [0.15, 0.2) is 12.4 Å². The van der Waals surface area contributed by atoms with Crippen LogP contribution in [0.1, 0.15) is 55.9 Å². The topological polar surface area (TPSA) is 49.3 Å². The average Bonchev–Trinajstić information content (AvgIpc) is 3.09. The molecule has 21 heavy (non-hydrogen) atoms. The number of piperidine rings is 1. The van der Waals surface area contributed by atoms with Crippen LogP contribution in [-0.4, -0.2) is 46.5 Å². The van der Waals surface area contributed by atoms with E-state index in [1.54, 1.807) is 12.4 Å². The summed E-state index contributed by atoms with van der Waals surface area (Å²) in [6.45, 7) is 4.98. The fourth-order valence-corrected chi connectivity index (χ4v) is 3.39. The Hall–Kier alpha value is -1.65. The first-order chi connectivity index (χ1) is 10.3. The fourth-order valence-electron chi connectivity index (χ4n) is 3.39. The minimum atomic E-state index is 0.0252. The first kappa shape index (κ1) is 14.3. The van der Waals surface area contributed by atoms with Gasteiger partial charge in [0, 0.05) is 25.7 Å². The number of carbonyl (C=O) groups excluding carboxylic acids is 1. The van der Waals surface area contributed by atoms with Gasteiger partial charge in [-0.15, -0.1) is 0 Å². The summed E-state index contributed by atoms with van der Waals surface area (Å²) in [5.74, 6) is 0.941. The van der Waals surface area contributed by atoms with E-state index in [1.165, 1.54) is 19.3 Å². The van der Waals surface area contributed by atoms with Gasteiger partial charge >= 0.3 is 0 Å². The van der Waals surface area contributed by atoms with Crippen LogP contribution in [0, 0.1) is 0 Å². The molecular formula is C16H24N4O. The average molecular weight is 288 g/mol.